The van der Waals surface area contributed by atoms with Gasteiger partial charge in [-0.15, -0.1) is 0 Å². The third kappa shape index (κ3) is 5.16. The molecule has 126 valence electrons. The van der Waals surface area contributed by atoms with Gasteiger partial charge in [0.2, 0.25) is 18.6 Å². The van der Waals surface area contributed by atoms with Crippen molar-refractivity contribution in [2.24, 2.45) is 0 Å². The van der Waals surface area contributed by atoms with Crippen LogP contribution in [0.25, 0.3) is 0 Å². The van der Waals surface area contributed by atoms with Gasteiger partial charge in [-0.05, 0) is 38.5 Å². The number of fused-ring (bicyclic) bond motifs is 1. The summed E-state index contributed by atoms with van der Waals surface area (Å²) in [4.78, 5) is 25.4. The largest absolute Gasteiger partial charge is 0.454 e. The van der Waals surface area contributed by atoms with E-state index in [0.29, 0.717) is 24.6 Å². The van der Waals surface area contributed by atoms with Crippen molar-refractivity contribution in [3.63, 3.8) is 0 Å². The number of carbonyl (C=O) groups is 2. The summed E-state index contributed by atoms with van der Waals surface area (Å²) in [5, 5.41) is 2.90. The molecule has 1 heterocycles. The van der Waals surface area contributed by atoms with Crippen molar-refractivity contribution in [2.75, 3.05) is 13.3 Å². The fourth-order valence-corrected chi connectivity index (χ4v) is 2.32. The van der Waals surface area contributed by atoms with Gasteiger partial charge in [0.05, 0.1) is 0 Å². The molecule has 0 unspecified atom stereocenters. The molecule has 1 aromatic rings. The average molecular weight is 320 g/mol. The highest BCUT2D eigenvalue weighted by Gasteiger charge is 2.18. The van der Waals surface area contributed by atoms with Gasteiger partial charge in [-0.2, -0.15) is 0 Å². The molecule has 1 N–H and O–H groups in total. The first-order chi connectivity index (χ1) is 10.7. The van der Waals surface area contributed by atoms with E-state index in [1.807, 2.05) is 39.0 Å². The summed E-state index contributed by atoms with van der Waals surface area (Å²) in [6, 6.07) is 5.61. The van der Waals surface area contributed by atoms with E-state index in [9.17, 15) is 9.59 Å². The number of hydrogen-bond acceptors (Lipinski definition) is 4. The molecule has 1 aromatic carbocycles. The third-order valence-corrected chi connectivity index (χ3v) is 3.38. The van der Waals surface area contributed by atoms with Crippen LogP contribution in [0.3, 0.4) is 0 Å². The maximum Gasteiger partial charge on any atom is 0.231 e. The minimum absolute atomic E-state index is 0.0607. The molecule has 0 radical (unpaired) electrons. The van der Waals surface area contributed by atoms with E-state index >= 15 is 0 Å². The van der Waals surface area contributed by atoms with Gasteiger partial charge in [0.25, 0.3) is 0 Å². The standard InChI is InChI=1S/C17H24N2O4/c1-12(20)19(8-7-16(21)18-17(2,3)4)10-13-5-6-14-15(9-13)23-11-22-14/h5-6,9H,7-8,10-11H2,1-4H3,(H,18,21). The molecule has 0 fully saturated rings. The lowest BCUT2D eigenvalue weighted by molar-refractivity contribution is -0.130. The number of nitrogens with one attached hydrogen (secondary N) is 1. The highest BCUT2D eigenvalue weighted by atomic mass is 16.7. The third-order valence-electron chi connectivity index (χ3n) is 3.38. The van der Waals surface area contributed by atoms with Crippen LogP contribution in [-0.2, 0) is 16.1 Å². The SMILES string of the molecule is CC(=O)N(CCC(=O)NC(C)(C)C)Cc1ccc2c(c1)OCO2. The van der Waals surface area contributed by atoms with Gasteiger partial charge in [-0.3, -0.25) is 9.59 Å². The molecule has 0 aliphatic carbocycles. The zero-order chi connectivity index (χ0) is 17.0. The minimum Gasteiger partial charge on any atom is -0.454 e. The second kappa shape index (κ2) is 6.89. The first kappa shape index (κ1) is 17.1. The quantitative estimate of drug-likeness (QED) is 0.902. The van der Waals surface area contributed by atoms with Gasteiger partial charge in [0.1, 0.15) is 0 Å². The lowest BCUT2D eigenvalue weighted by Crippen LogP contribution is -2.42. The van der Waals surface area contributed by atoms with Crippen molar-refractivity contribution in [3.8, 4) is 11.5 Å². The van der Waals surface area contributed by atoms with Crippen LogP contribution in [0.1, 0.15) is 39.7 Å². The number of benzene rings is 1. The first-order valence-electron chi connectivity index (χ1n) is 7.70. The molecule has 6 nitrogen and oxygen atoms in total. The maximum atomic E-state index is 11.9. The molecule has 1 aliphatic rings. The Labute approximate surface area is 136 Å². The number of rotatable bonds is 5. The predicted molar refractivity (Wildman–Crippen MR) is 86.2 cm³/mol. The van der Waals surface area contributed by atoms with E-state index in [-0.39, 0.29) is 30.6 Å². The van der Waals surface area contributed by atoms with E-state index in [1.54, 1.807) is 4.90 Å². The number of ether oxygens (including phenoxy) is 2. The molecule has 0 saturated heterocycles. The second-order valence-corrected chi connectivity index (χ2v) is 6.68. The van der Waals surface area contributed by atoms with Crippen LogP contribution >= 0.6 is 0 Å². The van der Waals surface area contributed by atoms with E-state index in [4.69, 9.17) is 9.47 Å². The number of nitrogens with zero attached hydrogens (tertiary/aromatic N) is 1. The zero-order valence-electron chi connectivity index (χ0n) is 14.1. The van der Waals surface area contributed by atoms with Gasteiger partial charge in [0.15, 0.2) is 11.5 Å². The topological polar surface area (TPSA) is 67.9 Å². The summed E-state index contributed by atoms with van der Waals surface area (Å²) >= 11 is 0. The summed E-state index contributed by atoms with van der Waals surface area (Å²) in [6.07, 6.45) is 0.279. The Morgan fingerprint density at radius 2 is 1.91 bits per heavy atom. The molecule has 2 amide bonds. The number of amides is 2. The second-order valence-electron chi connectivity index (χ2n) is 6.68. The summed E-state index contributed by atoms with van der Waals surface area (Å²) in [7, 11) is 0. The molecule has 2 rings (SSSR count). The molecule has 1 aliphatic heterocycles. The normalized spacial score (nSPS) is 12.9. The number of hydrogen-bond donors (Lipinski definition) is 1. The number of carbonyl (C=O) groups excluding carboxylic acids is 2. The molecule has 0 bridgehead atoms. The maximum absolute atomic E-state index is 11.9. The van der Waals surface area contributed by atoms with Crippen LogP contribution in [0.15, 0.2) is 18.2 Å². The molecule has 0 saturated carbocycles. The van der Waals surface area contributed by atoms with Gasteiger partial charge in [-0.1, -0.05) is 6.07 Å². The summed E-state index contributed by atoms with van der Waals surface area (Å²) in [5.41, 5.74) is 0.677. The Kier molecular flexibility index (Phi) is 5.13. The summed E-state index contributed by atoms with van der Waals surface area (Å²) in [6.45, 7) is 8.35. The lowest BCUT2D eigenvalue weighted by atomic mass is 10.1. The molecule has 23 heavy (non-hydrogen) atoms. The highest BCUT2D eigenvalue weighted by molar-refractivity contribution is 5.78. The summed E-state index contributed by atoms with van der Waals surface area (Å²) in [5.74, 6) is 1.28. The van der Waals surface area contributed by atoms with Gasteiger partial charge < -0.3 is 19.7 Å². The zero-order valence-corrected chi connectivity index (χ0v) is 14.1. The van der Waals surface area contributed by atoms with Gasteiger partial charge >= 0.3 is 0 Å². The highest BCUT2D eigenvalue weighted by Crippen LogP contribution is 2.32. The van der Waals surface area contributed by atoms with Crippen molar-refractivity contribution in [1.82, 2.24) is 10.2 Å². The van der Waals surface area contributed by atoms with Gasteiger partial charge in [0, 0.05) is 32.0 Å². The lowest BCUT2D eigenvalue weighted by Gasteiger charge is -2.24. The van der Waals surface area contributed by atoms with Crippen molar-refractivity contribution in [1.29, 1.82) is 0 Å². The van der Waals surface area contributed by atoms with Crippen LogP contribution in [0, 0.1) is 0 Å². The fraction of sp³-hybridized carbons (Fsp3) is 0.529. The molecule has 0 atom stereocenters. The van der Waals surface area contributed by atoms with Crippen molar-refractivity contribution in [3.05, 3.63) is 23.8 Å². The average Bonchev–Trinajstić information content (AvgIpc) is 2.88. The van der Waals surface area contributed by atoms with E-state index in [0.717, 1.165) is 5.56 Å². The Hall–Kier alpha value is -2.24. The Balaban J connectivity index is 1.94. The monoisotopic (exact) mass is 320 g/mol. The predicted octanol–water partition coefficient (Wildman–Crippen LogP) is 2.07. The first-order valence-corrected chi connectivity index (χ1v) is 7.70. The van der Waals surface area contributed by atoms with E-state index in [1.165, 1.54) is 6.92 Å². The van der Waals surface area contributed by atoms with Crippen LogP contribution in [0.2, 0.25) is 0 Å². The molecular weight excluding hydrogens is 296 g/mol. The van der Waals surface area contributed by atoms with Crippen LogP contribution in [0.4, 0.5) is 0 Å². The molecular formula is C17H24N2O4. The Morgan fingerprint density at radius 3 is 2.57 bits per heavy atom. The van der Waals surface area contributed by atoms with Crippen molar-refractivity contribution < 1.29 is 19.1 Å². The molecule has 6 heteroatoms. The van der Waals surface area contributed by atoms with Crippen LogP contribution < -0.4 is 14.8 Å². The Morgan fingerprint density at radius 1 is 1.22 bits per heavy atom. The molecule has 0 spiro atoms. The van der Waals surface area contributed by atoms with Crippen LogP contribution in [-0.4, -0.2) is 35.6 Å². The van der Waals surface area contributed by atoms with E-state index in [2.05, 4.69) is 5.32 Å². The Bertz CT molecular complexity index is 593. The molecule has 0 aromatic heterocycles. The summed E-state index contributed by atoms with van der Waals surface area (Å²) < 4.78 is 10.6. The van der Waals surface area contributed by atoms with Crippen molar-refractivity contribution >= 4 is 11.8 Å². The van der Waals surface area contributed by atoms with E-state index < -0.39 is 0 Å². The smallest absolute Gasteiger partial charge is 0.231 e. The van der Waals surface area contributed by atoms with Crippen LogP contribution in [0.5, 0.6) is 11.5 Å². The van der Waals surface area contributed by atoms with Gasteiger partial charge in [-0.25, -0.2) is 0 Å². The van der Waals surface area contributed by atoms with Crippen molar-refractivity contribution in [2.45, 2.75) is 46.2 Å². The minimum atomic E-state index is -0.268. The fourth-order valence-electron chi connectivity index (χ4n) is 2.32.